The molecule has 2 aromatic heterocycles. The van der Waals surface area contributed by atoms with E-state index in [9.17, 15) is 0 Å². The summed E-state index contributed by atoms with van der Waals surface area (Å²) < 4.78 is 1.15. The molecule has 0 saturated heterocycles. The number of rotatable bonds is 5. The minimum absolute atomic E-state index is 0.558. The Hall–Kier alpha value is -1.14. The molecule has 0 unspecified atom stereocenters. The van der Waals surface area contributed by atoms with Crippen LogP contribution >= 0.6 is 27.3 Å². The Labute approximate surface area is 124 Å². The van der Waals surface area contributed by atoms with Gasteiger partial charge in [0.2, 0.25) is 0 Å². The molecule has 0 bridgehead atoms. The quantitative estimate of drug-likeness (QED) is 0.869. The summed E-state index contributed by atoms with van der Waals surface area (Å²) in [5, 5.41) is 8.55. The van der Waals surface area contributed by atoms with Crippen LogP contribution in [0.1, 0.15) is 29.5 Å². The van der Waals surface area contributed by atoms with Crippen molar-refractivity contribution in [2.75, 3.05) is 17.7 Å². The zero-order valence-electron chi connectivity index (χ0n) is 10.6. The molecule has 0 aliphatic heterocycles. The minimum atomic E-state index is 0.558. The molecule has 2 heterocycles. The molecule has 4 nitrogen and oxygen atoms in total. The van der Waals surface area contributed by atoms with Crippen molar-refractivity contribution in [1.82, 2.24) is 9.97 Å². The molecule has 0 amide bonds. The van der Waals surface area contributed by atoms with Gasteiger partial charge in [-0.25, -0.2) is 9.97 Å². The first kappa shape index (κ1) is 12.9. The predicted octanol–water partition coefficient (Wildman–Crippen LogP) is 3.83. The van der Waals surface area contributed by atoms with Gasteiger partial charge in [-0.3, -0.25) is 0 Å². The van der Waals surface area contributed by atoms with Crippen LogP contribution in [0, 0.1) is 0 Å². The molecule has 0 radical (unpaired) electrons. The summed E-state index contributed by atoms with van der Waals surface area (Å²) in [5.41, 5.74) is 0. The Morgan fingerprint density at radius 3 is 2.79 bits per heavy atom. The smallest absolute Gasteiger partial charge is 0.136 e. The number of anilines is 2. The average molecular weight is 339 g/mol. The van der Waals surface area contributed by atoms with E-state index in [-0.39, 0.29) is 0 Å². The second kappa shape index (κ2) is 5.46. The molecule has 1 aliphatic carbocycles. The number of aromatic nitrogens is 2. The molecule has 0 aromatic carbocycles. The van der Waals surface area contributed by atoms with Crippen LogP contribution in [0.25, 0.3) is 0 Å². The highest BCUT2D eigenvalue weighted by Gasteiger charge is 2.27. The molecule has 0 atom stereocenters. The highest BCUT2D eigenvalue weighted by Crippen LogP contribution is 2.38. The van der Waals surface area contributed by atoms with Crippen LogP contribution in [0.3, 0.4) is 0 Å². The first-order valence-corrected chi connectivity index (χ1v) is 7.96. The van der Waals surface area contributed by atoms with E-state index in [2.05, 4.69) is 48.0 Å². The number of halogens is 1. The van der Waals surface area contributed by atoms with E-state index >= 15 is 0 Å². The minimum Gasteiger partial charge on any atom is -0.373 e. The van der Waals surface area contributed by atoms with Gasteiger partial charge in [0.1, 0.15) is 17.5 Å². The number of hydrogen-bond donors (Lipinski definition) is 2. The van der Waals surface area contributed by atoms with Gasteiger partial charge in [-0.2, -0.15) is 0 Å². The summed E-state index contributed by atoms with van der Waals surface area (Å²) in [6, 6.07) is 4.02. The predicted molar refractivity (Wildman–Crippen MR) is 82.9 cm³/mol. The Balaban J connectivity index is 1.76. The highest BCUT2D eigenvalue weighted by atomic mass is 79.9. The van der Waals surface area contributed by atoms with Crippen LogP contribution in [0.4, 0.5) is 11.6 Å². The van der Waals surface area contributed by atoms with Gasteiger partial charge in [0, 0.05) is 28.4 Å². The molecule has 0 spiro atoms. The lowest BCUT2D eigenvalue weighted by atomic mass is 10.3. The third-order valence-corrected chi connectivity index (χ3v) is 4.99. The Morgan fingerprint density at radius 2 is 2.16 bits per heavy atom. The second-order valence-electron chi connectivity index (χ2n) is 4.57. The van der Waals surface area contributed by atoms with E-state index in [4.69, 9.17) is 0 Å². The normalized spacial score (nSPS) is 14.4. The number of hydrogen-bond acceptors (Lipinski definition) is 5. The van der Waals surface area contributed by atoms with Gasteiger partial charge in [0.25, 0.3) is 0 Å². The first-order valence-electron chi connectivity index (χ1n) is 6.28. The maximum Gasteiger partial charge on any atom is 0.136 e. The lowest BCUT2D eigenvalue weighted by molar-refractivity contribution is 0.924. The average Bonchev–Trinajstić information content (AvgIpc) is 3.20. The lowest BCUT2D eigenvalue weighted by Gasteiger charge is -2.09. The SMILES string of the molecule is CNc1cc(NCc2sccc2Br)nc(C2CC2)n1. The van der Waals surface area contributed by atoms with Gasteiger partial charge in [0.15, 0.2) is 0 Å². The topological polar surface area (TPSA) is 49.8 Å². The highest BCUT2D eigenvalue weighted by molar-refractivity contribution is 9.10. The molecule has 6 heteroatoms. The first-order chi connectivity index (χ1) is 9.26. The molecule has 1 fully saturated rings. The Kier molecular flexibility index (Phi) is 3.70. The van der Waals surface area contributed by atoms with Crippen molar-refractivity contribution in [2.24, 2.45) is 0 Å². The lowest BCUT2D eigenvalue weighted by Crippen LogP contribution is -2.05. The van der Waals surface area contributed by atoms with Gasteiger partial charge < -0.3 is 10.6 Å². The van der Waals surface area contributed by atoms with Crippen LogP contribution in [0.2, 0.25) is 0 Å². The fraction of sp³-hybridized carbons (Fsp3) is 0.385. The van der Waals surface area contributed by atoms with Crippen LogP contribution in [0.5, 0.6) is 0 Å². The van der Waals surface area contributed by atoms with E-state index in [1.807, 2.05) is 13.1 Å². The molecule has 19 heavy (non-hydrogen) atoms. The number of nitrogens with one attached hydrogen (secondary N) is 2. The van der Waals surface area contributed by atoms with E-state index in [0.717, 1.165) is 28.5 Å². The van der Waals surface area contributed by atoms with Crippen LogP contribution in [-0.4, -0.2) is 17.0 Å². The van der Waals surface area contributed by atoms with Gasteiger partial charge in [-0.1, -0.05) is 0 Å². The van der Waals surface area contributed by atoms with Crippen molar-refractivity contribution in [3.05, 3.63) is 32.7 Å². The maximum absolute atomic E-state index is 4.60. The van der Waals surface area contributed by atoms with Gasteiger partial charge in [-0.05, 0) is 40.2 Å². The van der Waals surface area contributed by atoms with Gasteiger partial charge in [-0.15, -0.1) is 11.3 Å². The van der Waals surface area contributed by atoms with Crippen molar-refractivity contribution in [3.63, 3.8) is 0 Å². The molecule has 1 aliphatic rings. The fourth-order valence-electron chi connectivity index (χ4n) is 1.83. The Bertz CT molecular complexity index is 580. The third kappa shape index (κ3) is 3.06. The maximum atomic E-state index is 4.60. The van der Waals surface area contributed by atoms with Crippen molar-refractivity contribution in [3.8, 4) is 0 Å². The molecule has 2 aromatic rings. The number of nitrogens with zero attached hydrogens (tertiary/aromatic N) is 2. The summed E-state index contributed by atoms with van der Waals surface area (Å²) in [7, 11) is 1.89. The number of thiophene rings is 1. The summed E-state index contributed by atoms with van der Waals surface area (Å²) in [4.78, 5) is 10.4. The van der Waals surface area contributed by atoms with E-state index in [0.29, 0.717) is 5.92 Å². The summed E-state index contributed by atoms with van der Waals surface area (Å²) >= 11 is 5.27. The van der Waals surface area contributed by atoms with E-state index < -0.39 is 0 Å². The second-order valence-corrected chi connectivity index (χ2v) is 6.42. The van der Waals surface area contributed by atoms with E-state index in [1.54, 1.807) is 11.3 Å². The summed E-state index contributed by atoms with van der Waals surface area (Å²) in [6.45, 7) is 0.780. The summed E-state index contributed by atoms with van der Waals surface area (Å²) in [6.07, 6.45) is 2.42. The molecule has 1 saturated carbocycles. The molecule has 2 N–H and O–H groups in total. The van der Waals surface area contributed by atoms with Crippen molar-refractivity contribution >= 4 is 38.9 Å². The van der Waals surface area contributed by atoms with Crippen molar-refractivity contribution < 1.29 is 0 Å². The van der Waals surface area contributed by atoms with Crippen LogP contribution in [-0.2, 0) is 6.54 Å². The van der Waals surface area contributed by atoms with Crippen molar-refractivity contribution in [1.29, 1.82) is 0 Å². The van der Waals surface area contributed by atoms with Gasteiger partial charge >= 0.3 is 0 Å². The molecular weight excluding hydrogens is 324 g/mol. The zero-order chi connectivity index (χ0) is 13.2. The molecular formula is C13H15BrN4S. The molecule has 100 valence electrons. The van der Waals surface area contributed by atoms with Crippen molar-refractivity contribution in [2.45, 2.75) is 25.3 Å². The van der Waals surface area contributed by atoms with E-state index in [1.165, 1.54) is 17.7 Å². The summed E-state index contributed by atoms with van der Waals surface area (Å²) in [5.74, 6) is 3.29. The van der Waals surface area contributed by atoms with Crippen LogP contribution < -0.4 is 10.6 Å². The third-order valence-electron chi connectivity index (χ3n) is 3.06. The fourth-order valence-corrected chi connectivity index (χ4v) is 3.26. The molecule has 3 rings (SSSR count). The zero-order valence-corrected chi connectivity index (χ0v) is 13.0. The standard InChI is InChI=1S/C13H15BrN4S/c1-15-11-6-12(18-13(17-11)8-2-3-8)16-7-10-9(14)4-5-19-10/h4-6,8H,2-3,7H2,1H3,(H2,15,16,17,18). The van der Waals surface area contributed by atoms with Crippen LogP contribution in [0.15, 0.2) is 22.0 Å². The Morgan fingerprint density at radius 1 is 1.37 bits per heavy atom. The largest absolute Gasteiger partial charge is 0.373 e. The van der Waals surface area contributed by atoms with Gasteiger partial charge in [0.05, 0.1) is 6.54 Å². The monoisotopic (exact) mass is 338 g/mol.